The molecule has 0 aliphatic rings. The van der Waals surface area contributed by atoms with Crippen LogP contribution in [0.3, 0.4) is 0 Å². The van der Waals surface area contributed by atoms with E-state index in [2.05, 4.69) is 4.99 Å². The Hall–Kier alpha value is -2.95. The fourth-order valence-electron chi connectivity index (χ4n) is 1.99. The lowest BCUT2D eigenvalue weighted by Gasteiger charge is -1.97. The van der Waals surface area contributed by atoms with Gasteiger partial charge in [-0.15, -0.1) is 0 Å². The number of aliphatic hydroxyl groups excluding tert-OH is 1. The maximum atomic E-state index is 13.2. The first-order chi connectivity index (χ1) is 10.6. The summed E-state index contributed by atoms with van der Waals surface area (Å²) in [6, 6.07) is 15.7. The van der Waals surface area contributed by atoms with Crippen LogP contribution in [0.2, 0.25) is 0 Å². The average molecular weight is 300 g/mol. The molecule has 0 bridgehead atoms. The first-order valence-electron chi connectivity index (χ1n) is 6.57. The van der Waals surface area contributed by atoms with Crippen LogP contribution in [0.4, 0.5) is 14.5 Å². The van der Waals surface area contributed by atoms with Crippen LogP contribution in [0.15, 0.2) is 65.1 Å². The minimum atomic E-state index is -0.953. The Morgan fingerprint density at radius 3 is 2.41 bits per heavy atom. The predicted octanol–water partition coefficient (Wildman–Crippen LogP) is 2.94. The molecular weight excluding hydrogens is 288 g/mol. The Kier molecular flexibility index (Phi) is 3.70. The molecule has 0 unspecified atom stereocenters. The number of para-hydroxylation sites is 1. The first kappa shape index (κ1) is 14.0. The van der Waals surface area contributed by atoms with Crippen molar-refractivity contribution in [2.45, 2.75) is 0 Å². The highest BCUT2D eigenvalue weighted by Gasteiger charge is 2.15. The van der Waals surface area contributed by atoms with Crippen molar-refractivity contribution in [3.8, 4) is 11.3 Å². The molecule has 3 nitrogen and oxygen atoms in total. The van der Waals surface area contributed by atoms with Crippen LogP contribution in [0.5, 0.6) is 0 Å². The molecule has 0 aliphatic heterocycles. The Balaban J connectivity index is 1.90. The van der Waals surface area contributed by atoms with E-state index in [4.69, 9.17) is 4.42 Å². The third kappa shape index (κ3) is 2.88. The Morgan fingerprint density at radius 1 is 0.909 bits per heavy atom. The number of furan rings is 1. The number of halogens is 2. The molecule has 0 radical (unpaired) electrons. The van der Waals surface area contributed by atoms with Crippen LogP contribution in [0.25, 0.3) is 11.3 Å². The van der Waals surface area contributed by atoms with Crippen molar-refractivity contribution in [3.05, 3.63) is 78.1 Å². The van der Waals surface area contributed by atoms with E-state index in [9.17, 15) is 13.9 Å². The van der Waals surface area contributed by atoms with E-state index in [-0.39, 0.29) is 11.7 Å². The van der Waals surface area contributed by atoms with E-state index in [1.807, 2.05) is 18.2 Å². The molecule has 0 spiro atoms. The van der Waals surface area contributed by atoms with Crippen molar-refractivity contribution in [2.75, 3.05) is 0 Å². The predicted molar refractivity (Wildman–Crippen MR) is 77.9 cm³/mol. The summed E-state index contributed by atoms with van der Waals surface area (Å²) in [6.07, 6.45) is 0. The van der Waals surface area contributed by atoms with Crippen LogP contribution in [-0.2, 0) is 0 Å². The van der Waals surface area contributed by atoms with Gasteiger partial charge in [-0.1, -0.05) is 18.2 Å². The van der Waals surface area contributed by atoms with Gasteiger partial charge in [0.15, 0.2) is 11.6 Å². The molecule has 2 aromatic carbocycles. The largest absolute Gasteiger partial charge is 0.457 e. The number of nitrogens with one attached hydrogen (secondary N) is 1. The van der Waals surface area contributed by atoms with Gasteiger partial charge < -0.3 is 9.52 Å². The van der Waals surface area contributed by atoms with E-state index < -0.39 is 11.6 Å². The zero-order chi connectivity index (χ0) is 15.5. The van der Waals surface area contributed by atoms with Crippen LogP contribution in [0, 0.1) is 11.6 Å². The highest BCUT2D eigenvalue weighted by Crippen LogP contribution is 2.23. The zero-order valence-electron chi connectivity index (χ0n) is 11.4. The van der Waals surface area contributed by atoms with Gasteiger partial charge in [0.25, 0.3) is 0 Å². The lowest BCUT2D eigenvalue weighted by atomic mass is 10.1. The summed E-state index contributed by atoms with van der Waals surface area (Å²) in [5.41, 5.74) is 1.09. The lowest BCUT2D eigenvalue weighted by molar-refractivity contribution is -0.365. The van der Waals surface area contributed by atoms with Crippen molar-refractivity contribution >= 4 is 11.6 Å². The van der Waals surface area contributed by atoms with Crippen LogP contribution in [-0.4, -0.2) is 11.0 Å². The molecule has 22 heavy (non-hydrogen) atoms. The molecule has 0 fully saturated rings. The summed E-state index contributed by atoms with van der Waals surface area (Å²) in [4.78, 5) is 2.79. The van der Waals surface area contributed by atoms with E-state index in [1.165, 1.54) is 6.07 Å². The summed E-state index contributed by atoms with van der Waals surface area (Å²) in [6.45, 7) is 0. The number of hydrogen-bond donors (Lipinski definition) is 2. The Morgan fingerprint density at radius 2 is 1.68 bits per heavy atom. The number of rotatable bonds is 3. The van der Waals surface area contributed by atoms with Crippen LogP contribution in [0.1, 0.15) is 5.76 Å². The van der Waals surface area contributed by atoms with E-state index in [0.29, 0.717) is 17.0 Å². The molecule has 1 heterocycles. The third-order valence-corrected chi connectivity index (χ3v) is 3.08. The maximum Gasteiger partial charge on any atom is 0.408 e. The molecule has 1 aromatic heterocycles. The van der Waals surface area contributed by atoms with Crippen molar-refractivity contribution < 1.29 is 23.3 Å². The average Bonchev–Trinajstić information content (AvgIpc) is 3.01. The summed E-state index contributed by atoms with van der Waals surface area (Å²) in [5.74, 6) is -1.51. The second-order valence-corrected chi connectivity index (χ2v) is 4.63. The molecule has 3 aromatic rings. The second kappa shape index (κ2) is 5.81. The minimum absolute atomic E-state index is 0.167. The summed E-state index contributed by atoms with van der Waals surface area (Å²) >= 11 is 0. The van der Waals surface area contributed by atoms with Crippen molar-refractivity contribution in [1.29, 1.82) is 0 Å². The van der Waals surface area contributed by atoms with Gasteiger partial charge in [-0.25, -0.2) is 8.78 Å². The Bertz CT molecular complexity index is 826. The normalized spacial score (nSPS) is 11.6. The van der Waals surface area contributed by atoms with Gasteiger partial charge in [0.1, 0.15) is 5.76 Å². The number of benzene rings is 2. The van der Waals surface area contributed by atoms with Gasteiger partial charge in [0, 0.05) is 17.7 Å². The smallest absolute Gasteiger partial charge is 0.408 e. The maximum absolute atomic E-state index is 13.2. The molecule has 3 rings (SSSR count). The van der Waals surface area contributed by atoms with Gasteiger partial charge in [-0.05, 0) is 30.3 Å². The van der Waals surface area contributed by atoms with Crippen LogP contribution < -0.4 is 4.99 Å². The third-order valence-electron chi connectivity index (χ3n) is 3.08. The summed E-state index contributed by atoms with van der Waals surface area (Å²) < 4.78 is 31.6. The molecule has 0 saturated carbocycles. The molecule has 0 atom stereocenters. The first-order valence-corrected chi connectivity index (χ1v) is 6.57. The fourth-order valence-corrected chi connectivity index (χ4v) is 1.99. The topological polar surface area (TPSA) is 47.3 Å². The van der Waals surface area contributed by atoms with Crippen LogP contribution >= 0.6 is 0 Å². The molecule has 0 amide bonds. The van der Waals surface area contributed by atoms with Crippen molar-refractivity contribution in [3.63, 3.8) is 0 Å². The second-order valence-electron chi connectivity index (χ2n) is 4.63. The van der Waals surface area contributed by atoms with Gasteiger partial charge in [0.05, 0.1) is 0 Å². The SMILES string of the molecule is OC(=[NH+]c1ccccc1)c1ccc(-c2ccc(F)c(F)c2)o1. The van der Waals surface area contributed by atoms with Crippen molar-refractivity contribution in [1.82, 2.24) is 0 Å². The van der Waals surface area contributed by atoms with Gasteiger partial charge in [-0.2, -0.15) is 4.99 Å². The number of aliphatic hydroxyl groups is 1. The summed E-state index contributed by atoms with van der Waals surface area (Å²) in [5, 5.41) is 10.0. The van der Waals surface area contributed by atoms with E-state index in [1.54, 1.807) is 24.3 Å². The minimum Gasteiger partial charge on any atom is -0.457 e. The van der Waals surface area contributed by atoms with Crippen molar-refractivity contribution in [2.24, 2.45) is 0 Å². The molecule has 110 valence electrons. The molecule has 0 aliphatic carbocycles. The molecule has 0 saturated heterocycles. The molecular formula is C17H12F2NO2+. The van der Waals surface area contributed by atoms with Gasteiger partial charge in [0.2, 0.25) is 11.4 Å². The van der Waals surface area contributed by atoms with Gasteiger partial charge >= 0.3 is 5.90 Å². The number of hydrogen-bond acceptors (Lipinski definition) is 1. The fraction of sp³-hybridized carbons (Fsp3) is 0. The highest BCUT2D eigenvalue weighted by atomic mass is 19.2. The standard InChI is InChI=1S/C17H11F2NO2/c18-13-7-6-11(10-14(13)19)15-8-9-16(22-15)17(21)20-12-4-2-1-3-5-12/h1-10H,(H,20,21)/p+1. The Labute approximate surface area is 125 Å². The molecule has 5 heteroatoms. The monoisotopic (exact) mass is 300 g/mol. The summed E-state index contributed by atoms with van der Waals surface area (Å²) in [7, 11) is 0. The zero-order valence-corrected chi connectivity index (χ0v) is 11.4. The quantitative estimate of drug-likeness (QED) is 0.577. The van der Waals surface area contributed by atoms with Gasteiger partial charge in [-0.3, -0.25) is 0 Å². The highest BCUT2D eigenvalue weighted by molar-refractivity contribution is 5.86. The van der Waals surface area contributed by atoms with E-state index in [0.717, 1.165) is 12.1 Å². The molecule has 2 N–H and O–H groups in total. The van der Waals surface area contributed by atoms with E-state index >= 15 is 0 Å². The lowest BCUT2D eigenvalue weighted by Crippen LogP contribution is -2.66.